The SMILES string of the molecule is Cc1cc(Cl)ccc1OC(=O)O. The fraction of sp³-hybridized carbons (Fsp3) is 0.125. The molecule has 0 aromatic heterocycles. The minimum atomic E-state index is -1.32. The van der Waals surface area contributed by atoms with Crippen molar-refractivity contribution >= 4 is 17.8 Å². The Kier molecular flexibility index (Phi) is 2.55. The van der Waals surface area contributed by atoms with Gasteiger partial charge < -0.3 is 9.84 Å². The average molecular weight is 187 g/mol. The van der Waals surface area contributed by atoms with E-state index in [0.29, 0.717) is 16.3 Å². The smallest absolute Gasteiger partial charge is 0.449 e. The van der Waals surface area contributed by atoms with Crippen LogP contribution in [0.2, 0.25) is 5.02 Å². The first-order chi connectivity index (χ1) is 5.59. The molecular formula is C8H7ClO3. The van der Waals surface area contributed by atoms with Gasteiger partial charge in [-0.15, -0.1) is 0 Å². The van der Waals surface area contributed by atoms with E-state index >= 15 is 0 Å². The van der Waals surface area contributed by atoms with Crippen LogP contribution >= 0.6 is 11.6 Å². The second kappa shape index (κ2) is 3.45. The lowest BCUT2D eigenvalue weighted by molar-refractivity contribution is 0.144. The Hall–Kier alpha value is -1.22. The van der Waals surface area contributed by atoms with Gasteiger partial charge in [-0.1, -0.05) is 11.6 Å². The van der Waals surface area contributed by atoms with Crippen LogP contribution in [0.1, 0.15) is 5.56 Å². The zero-order chi connectivity index (χ0) is 9.14. The van der Waals surface area contributed by atoms with E-state index in [4.69, 9.17) is 16.7 Å². The molecule has 0 heterocycles. The molecule has 0 saturated heterocycles. The van der Waals surface area contributed by atoms with Crippen molar-refractivity contribution in [3.8, 4) is 5.75 Å². The van der Waals surface area contributed by atoms with Crippen LogP contribution < -0.4 is 4.74 Å². The second-order valence-corrected chi connectivity index (χ2v) is 2.71. The molecule has 1 N–H and O–H groups in total. The van der Waals surface area contributed by atoms with Crippen LogP contribution in [0, 0.1) is 6.92 Å². The first-order valence-electron chi connectivity index (χ1n) is 3.26. The first-order valence-corrected chi connectivity index (χ1v) is 3.64. The maximum atomic E-state index is 10.2. The normalized spacial score (nSPS) is 9.50. The third kappa shape index (κ3) is 2.13. The average Bonchev–Trinajstić information content (AvgIpc) is 1.94. The third-order valence-electron chi connectivity index (χ3n) is 1.33. The molecule has 0 bridgehead atoms. The molecule has 0 aliphatic rings. The standard InChI is InChI=1S/C8H7ClO3/c1-5-4-6(9)2-3-7(5)12-8(10)11/h2-4H,1H3,(H,10,11). The molecule has 0 aliphatic heterocycles. The van der Waals surface area contributed by atoms with Crippen molar-refractivity contribution < 1.29 is 14.6 Å². The monoisotopic (exact) mass is 186 g/mol. The highest BCUT2D eigenvalue weighted by atomic mass is 35.5. The summed E-state index contributed by atoms with van der Waals surface area (Å²) in [6.07, 6.45) is -1.32. The molecule has 0 aliphatic carbocycles. The van der Waals surface area contributed by atoms with Crippen LogP contribution in [0.15, 0.2) is 18.2 Å². The Morgan fingerprint density at radius 1 is 1.58 bits per heavy atom. The van der Waals surface area contributed by atoms with Crippen LogP contribution in [0.25, 0.3) is 0 Å². The van der Waals surface area contributed by atoms with Gasteiger partial charge in [0, 0.05) is 5.02 Å². The maximum absolute atomic E-state index is 10.2. The van der Waals surface area contributed by atoms with Crippen LogP contribution in [0.5, 0.6) is 5.75 Å². The number of rotatable bonds is 1. The molecule has 0 amide bonds. The molecule has 0 unspecified atom stereocenters. The largest absolute Gasteiger partial charge is 0.511 e. The van der Waals surface area contributed by atoms with E-state index in [0.717, 1.165) is 0 Å². The number of hydrogen-bond acceptors (Lipinski definition) is 2. The topological polar surface area (TPSA) is 46.5 Å². The summed E-state index contributed by atoms with van der Waals surface area (Å²) >= 11 is 5.65. The minimum Gasteiger partial charge on any atom is -0.449 e. The summed E-state index contributed by atoms with van der Waals surface area (Å²) in [7, 11) is 0. The van der Waals surface area contributed by atoms with Gasteiger partial charge in [-0.3, -0.25) is 0 Å². The molecule has 1 aromatic rings. The Morgan fingerprint density at radius 2 is 2.25 bits per heavy atom. The van der Waals surface area contributed by atoms with E-state index in [1.807, 2.05) is 0 Å². The molecule has 0 saturated carbocycles. The molecule has 0 radical (unpaired) electrons. The zero-order valence-corrected chi connectivity index (χ0v) is 7.13. The highest BCUT2D eigenvalue weighted by Gasteiger charge is 2.03. The summed E-state index contributed by atoms with van der Waals surface area (Å²) in [5.74, 6) is 0.312. The van der Waals surface area contributed by atoms with Crippen molar-refractivity contribution in [1.82, 2.24) is 0 Å². The van der Waals surface area contributed by atoms with Crippen molar-refractivity contribution in [2.75, 3.05) is 0 Å². The van der Waals surface area contributed by atoms with Gasteiger partial charge in [-0.25, -0.2) is 4.79 Å². The first kappa shape index (κ1) is 8.87. The number of benzene rings is 1. The van der Waals surface area contributed by atoms with Crippen LogP contribution in [0.4, 0.5) is 4.79 Å². The highest BCUT2D eigenvalue weighted by Crippen LogP contribution is 2.21. The van der Waals surface area contributed by atoms with Gasteiger partial charge >= 0.3 is 6.16 Å². The van der Waals surface area contributed by atoms with Crippen molar-refractivity contribution in [1.29, 1.82) is 0 Å². The molecule has 1 aromatic carbocycles. The summed E-state index contributed by atoms with van der Waals surface area (Å²) in [5, 5.41) is 8.87. The lowest BCUT2D eigenvalue weighted by atomic mass is 10.2. The fourth-order valence-electron chi connectivity index (χ4n) is 0.821. The quantitative estimate of drug-likeness (QED) is 0.542. The van der Waals surface area contributed by atoms with Crippen molar-refractivity contribution in [2.45, 2.75) is 6.92 Å². The van der Waals surface area contributed by atoms with Crippen molar-refractivity contribution in [3.05, 3.63) is 28.8 Å². The molecular weight excluding hydrogens is 180 g/mol. The van der Waals surface area contributed by atoms with Gasteiger partial charge in [0.05, 0.1) is 0 Å². The zero-order valence-electron chi connectivity index (χ0n) is 6.37. The van der Waals surface area contributed by atoms with Crippen LogP contribution in [0.3, 0.4) is 0 Å². The molecule has 12 heavy (non-hydrogen) atoms. The maximum Gasteiger partial charge on any atom is 0.511 e. The third-order valence-corrected chi connectivity index (χ3v) is 1.57. The van der Waals surface area contributed by atoms with Crippen molar-refractivity contribution in [2.24, 2.45) is 0 Å². The fourth-order valence-corrected chi connectivity index (χ4v) is 1.05. The summed E-state index contributed by atoms with van der Waals surface area (Å²) in [6, 6.07) is 4.73. The molecule has 0 spiro atoms. The van der Waals surface area contributed by atoms with Gasteiger partial charge in [0.2, 0.25) is 0 Å². The van der Waals surface area contributed by atoms with Gasteiger partial charge in [0.25, 0.3) is 0 Å². The Labute approximate surface area is 74.5 Å². The predicted molar refractivity (Wildman–Crippen MR) is 44.8 cm³/mol. The summed E-state index contributed by atoms with van der Waals surface area (Å²) in [6.45, 7) is 1.73. The number of ether oxygens (including phenoxy) is 1. The Balaban J connectivity index is 2.93. The molecule has 3 nitrogen and oxygen atoms in total. The summed E-state index contributed by atoms with van der Waals surface area (Å²) in [4.78, 5) is 10.2. The van der Waals surface area contributed by atoms with E-state index in [1.54, 1.807) is 19.1 Å². The number of aryl methyl sites for hydroxylation is 1. The molecule has 64 valence electrons. The van der Waals surface area contributed by atoms with Gasteiger partial charge in [0.15, 0.2) is 0 Å². The minimum absolute atomic E-state index is 0.312. The number of halogens is 1. The van der Waals surface area contributed by atoms with E-state index in [-0.39, 0.29) is 0 Å². The van der Waals surface area contributed by atoms with Crippen LogP contribution in [-0.4, -0.2) is 11.3 Å². The van der Waals surface area contributed by atoms with Gasteiger partial charge in [-0.05, 0) is 30.7 Å². The summed E-state index contributed by atoms with van der Waals surface area (Å²) < 4.78 is 4.46. The second-order valence-electron chi connectivity index (χ2n) is 2.28. The van der Waals surface area contributed by atoms with E-state index in [1.165, 1.54) is 6.07 Å². The van der Waals surface area contributed by atoms with E-state index in [9.17, 15) is 4.79 Å². The highest BCUT2D eigenvalue weighted by molar-refractivity contribution is 6.30. The molecule has 0 atom stereocenters. The summed E-state index contributed by atoms with van der Waals surface area (Å²) in [5.41, 5.74) is 0.699. The molecule has 4 heteroatoms. The Bertz CT molecular complexity index is 309. The molecule has 0 fully saturated rings. The van der Waals surface area contributed by atoms with Gasteiger partial charge in [-0.2, -0.15) is 0 Å². The van der Waals surface area contributed by atoms with Crippen molar-refractivity contribution in [3.63, 3.8) is 0 Å². The number of carbonyl (C=O) groups is 1. The van der Waals surface area contributed by atoms with Crippen LogP contribution in [-0.2, 0) is 0 Å². The van der Waals surface area contributed by atoms with E-state index in [2.05, 4.69) is 4.74 Å². The molecule has 1 rings (SSSR count). The lowest BCUT2D eigenvalue weighted by Gasteiger charge is -2.02. The van der Waals surface area contributed by atoms with E-state index < -0.39 is 6.16 Å². The lowest BCUT2D eigenvalue weighted by Crippen LogP contribution is -2.03. The van der Waals surface area contributed by atoms with Gasteiger partial charge in [0.1, 0.15) is 5.75 Å². The predicted octanol–water partition coefficient (Wildman–Crippen LogP) is 2.71. The number of carboxylic acid groups (broad SMARTS) is 1. The number of hydrogen-bond donors (Lipinski definition) is 1. The Morgan fingerprint density at radius 3 is 2.75 bits per heavy atom.